The number of para-hydroxylation sites is 1. The zero-order valence-corrected chi connectivity index (χ0v) is 14.4. The molecular formula is C21H12FNO5. The molecule has 1 aliphatic heterocycles. The number of ether oxygens (including phenoxy) is 1. The Kier molecular flexibility index (Phi) is 3.45. The van der Waals surface area contributed by atoms with Gasteiger partial charge in [0, 0.05) is 11.9 Å². The molecule has 0 N–H and O–H groups in total. The van der Waals surface area contributed by atoms with Crippen LogP contribution in [0.25, 0.3) is 21.9 Å². The topological polar surface area (TPSA) is 78.5 Å². The van der Waals surface area contributed by atoms with E-state index >= 15 is 0 Å². The first-order valence-electron chi connectivity index (χ1n) is 8.63. The summed E-state index contributed by atoms with van der Waals surface area (Å²) in [6.07, 6.45) is 0.692. The van der Waals surface area contributed by atoms with Gasteiger partial charge in [-0.2, -0.15) is 0 Å². The van der Waals surface area contributed by atoms with Crippen LogP contribution in [0.1, 0.15) is 15.9 Å². The van der Waals surface area contributed by atoms with Gasteiger partial charge in [0.25, 0.3) is 5.56 Å². The number of nitrogens with zero attached hydrogens (tertiary/aromatic N) is 1. The Hall–Kier alpha value is -3.74. The minimum Gasteiger partial charge on any atom is -0.422 e. The number of carbonyl (C=O) groups excluding carboxylic acids is 1. The molecule has 7 heteroatoms. The largest absolute Gasteiger partial charge is 0.422 e. The fourth-order valence-corrected chi connectivity index (χ4v) is 3.67. The monoisotopic (exact) mass is 377 g/mol. The number of halogens is 1. The molecule has 0 atom stereocenters. The minimum absolute atomic E-state index is 0.0293. The van der Waals surface area contributed by atoms with E-state index < -0.39 is 23.0 Å². The maximum Gasteiger partial charge on any atom is 0.343 e. The molecule has 0 bridgehead atoms. The highest BCUT2D eigenvalue weighted by molar-refractivity contribution is 6.06. The van der Waals surface area contributed by atoms with E-state index in [1.54, 1.807) is 10.6 Å². The highest BCUT2D eigenvalue weighted by atomic mass is 19.1. The van der Waals surface area contributed by atoms with Crippen molar-refractivity contribution in [3.8, 4) is 5.75 Å². The average Bonchev–Trinajstić information content (AvgIpc) is 3.11. The molecule has 4 aromatic rings. The lowest BCUT2D eigenvalue weighted by Crippen LogP contribution is -2.21. The van der Waals surface area contributed by atoms with E-state index in [9.17, 15) is 18.8 Å². The van der Waals surface area contributed by atoms with E-state index in [0.717, 1.165) is 29.3 Å². The van der Waals surface area contributed by atoms with Crippen LogP contribution in [0.4, 0.5) is 4.39 Å². The van der Waals surface area contributed by atoms with Gasteiger partial charge in [0.05, 0.1) is 17.1 Å². The van der Waals surface area contributed by atoms with Crippen molar-refractivity contribution < 1.29 is 18.3 Å². The Balaban J connectivity index is 1.76. The van der Waals surface area contributed by atoms with Crippen molar-refractivity contribution in [3.05, 3.63) is 86.2 Å². The summed E-state index contributed by atoms with van der Waals surface area (Å²) in [7, 11) is 0. The molecule has 0 aliphatic carbocycles. The molecule has 0 amide bonds. The fourth-order valence-electron chi connectivity index (χ4n) is 3.67. The molecule has 0 spiro atoms. The third-order valence-electron chi connectivity index (χ3n) is 4.91. The number of pyridine rings is 1. The Morgan fingerprint density at radius 3 is 2.68 bits per heavy atom. The summed E-state index contributed by atoms with van der Waals surface area (Å²) in [6, 6.07) is 11.3. The number of hydrogen-bond donors (Lipinski definition) is 0. The standard InChI is InChI=1S/C21H12FNO5/c22-13-6-4-12(5-7-13)21(26)27-15-10-16(24)28-19-14-3-1-2-11-8-9-23(18(11)14)20(25)17(15)19/h1-7,10H,8-9H2. The van der Waals surface area contributed by atoms with Gasteiger partial charge in [-0.25, -0.2) is 14.0 Å². The Labute approximate surface area is 156 Å². The molecule has 0 unspecified atom stereocenters. The van der Waals surface area contributed by atoms with Gasteiger partial charge < -0.3 is 13.7 Å². The highest BCUT2D eigenvalue weighted by Crippen LogP contribution is 2.32. The van der Waals surface area contributed by atoms with E-state index in [1.165, 1.54) is 12.1 Å². The maximum absolute atomic E-state index is 13.1. The molecule has 2 aromatic carbocycles. The van der Waals surface area contributed by atoms with Crippen LogP contribution >= 0.6 is 0 Å². The van der Waals surface area contributed by atoms with E-state index in [4.69, 9.17) is 9.15 Å². The van der Waals surface area contributed by atoms with Crippen molar-refractivity contribution in [2.75, 3.05) is 0 Å². The molecule has 1 aliphatic rings. The van der Waals surface area contributed by atoms with E-state index in [1.807, 2.05) is 12.1 Å². The molecule has 5 rings (SSSR count). The number of aromatic nitrogens is 1. The fraction of sp³-hybridized carbons (Fsp3) is 0.0952. The van der Waals surface area contributed by atoms with Crippen LogP contribution in [-0.2, 0) is 13.0 Å². The SMILES string of the molecule is O=C(Oc1cc(=O)oc2c1c(=O)n1c3c(cccc23)CC1)c1ccc(F)cc1. The number of hydrogen-bond acceptors (Lipinski definition) is 5. The average molecular weight is 377 g/mol. The second kappa shape index (κ2) is 5.88. The summed E-state index contributed by atoms with van der Waals surface area (Å²) in [5, 5.41) is 0.642. The van der Waals surface area contributed by atoms with Crippen molar-refractivity contribution in [1.82, 2.24) is 4.57 Å². The van der Waals surface area contributed by atoms with E-state index in [-0.39, 0.29) is 22.3 Å². The second-order valence-electron chi connectivity index (χ2n) is 6.55. The number of fused-ring (bicyclic) bond motifs is 2. The molecular weight excluding hydrogens is 365 g/mol. The summed E-state index contributed by atoms with van der Waals surface area (Å²) in [4.78, 5) is 37.6. The van der Waals surface area contributed by atoms with Crippen molar-refractivity contribution in [3.63, 3.8) is 0 Å². The van der Waals surface area contributed by atoms with Crippen LogP contribution < -0.4 is 15.9 Å². The van der Waals surface area contributed by atoms with Gasteiger partial charge in [0.15, 0.2) is 11.3 Å². The molecule has 3 heterocycles. The molecule has 0 saturated heterocycles. The normalized spacial score (nSPS) is 12.6. The molecule has 138 valence electrons. The van der Waals surface area contributed by atoms with E-state index in [2.05, 4.69) is 0 Å². The molecule has 0 fully saturated rings. The van der Waals surface area contributed by atoms with Crippen LogP contribution in [0.3, 0.4) is 0 Å². The smallest absolute Gasteiger partial charge is 0.343 e. The predicted molar refractivity (Wildman–Crippen MR) is 99.3 cm³/mol. The summed E-state index contributed by atoms with van der Waals surface area (Å²) in [6.45, 7) is 0.495. The first-order chi connectivity index (χ1) is 13.5. The summed E-state index contributed by atoms with van der Waals surface area (Å²) >= 11 is 0. The minimum atomic E-state index is -0.804. The van der Waals surface area contributed by atoms with E-state index in [0.29, 0.717) is 18.4 Å². The third-order valence-corrected chi connectivity index (χ3v) is 4.91. The van der Waals surface area contributed by atoms with Crippen LogP contribution in [0.5, 0.6) is 5.75 Å². The van der Waals surface area contributed by atoms with Gasteiger partial charge in [0.2, 0.25) is 0 Å². The molecule has 2 aromatic heterocycles. The number of esters is 1. The van der Waals surface area contributed by atoms with Crippen LogP contribution in [0, 0.1) is 5.82 Å². The lowest BCUT2D eigenvalue weighted by Gasteiger charge is -2.10. The van der Waals surface area contributed by atoms with Gasteiger partial charge in [-0.3, -0.25) is 4.79 Å². The Morgan fingerprint density at radius 1 is 1.11 bits per heavy atom. The van der Waals surface area contributed by atoms with Gasteiger partial charge in [-0.15, -0.1) is 0 Å². The Bertz CT molecular complexity index is 1400. The Morgan fingerprint density at radius 2 is 1.89 bits per heavy atom. The summed E-state index contributed by atoms with van der Waals surface area (Å²) < 4.78 is 25.4. The van der Waals surface area contributed by atoms with Crippen molar-refractivity contribution >= 4 is 27.8 Å². The van der Waals surface area contributed by atoms with Gasteiger partial charge in [0.1, 0.15) is 11.2 Å². The maximum atomic E-state index is 13.1. The van der Waals surface area contributed by atoms with Crippen LogP contribution in [-0.4, -0.2) is 10.5 Å². The molecule has 0 saturated carbocycles. The van der Waals surface area contributed by atoms with Crippen molar-refractivity contribution in [2.24, 2.45) is 0 Å². The molecule has 6 nitrogen and oxygen atoms in total. The van der Waals surface area contributed by atoms with Crippen molar-refractivity contribution in [1.29, 1.82) is 0 Å². The summed E-state index contributed by atoms with van der Waals surface area (Å²) in [5.41, 5.74) is 0.776. The van der Waals surface area contributed by atoms with Gasteiger partial charge in [-0.1, -0.05) is 12.1 Å². The van der Waals surface area contributed by atoms with Crippen molar-refractivity contribution in [2.45, 2.75) is 13.0 Å². The number of carbonyl (C=O) groups is 1. The number of rotatable bonds is 2. The highest BCUT2D eigenvalue weighted by Gasteiger charge is 2.24. The zero-order chi connectivity index (χ0) is 19.4. The number of benzene rings is 2. The first-order valence-corrected chi connectivity index (χ1v) is 8.63. The van der Waals surface area contributed by atoms with Crippen LogP contribution in [0.15, 0.2) is 62.5 Å². The summed E-state index contributed by atoms with van der Waals surface area (Å²) in [5.74, 6) is -1.47. The van der Waals surface area contributed by atoms with Gasteiger partial charge >= 0.3 is 11.6 Å². The van der Waals surface area contributed by atoms with Crippen LogP contribution in [0.2, 0.25) is 0 Å². The molecule has 0 radical (unpaired) electrons. The molecule has 28 heavy (non-hydrogen) atoms. The lowest BCUT2D eigenvalue weighted by molar-refractivity contribution is 0.0736. The van der Waals surface area contributed by atoms with Gasteiger partial charge in [-0.05, 0) is 42.3 Å². The second-order valence-corrected chi connectivity index (χ2v) is 6.55. The zero-order valence-electron chi connectivity index (χ0n) is 14.4. The lowest BCUT2D eigenvalue weighted by atomic mass is 10.1. The third kappa shape index (κ3) is 2.36. The number of aryl methyl sites for hydroxylation is 2. The first kappa shape index (κ1) is 16.4. The quantitative estimate of drug-likeness (QED) is 0.396. The predicted octanol–water partition coefficient (Wildman–Crippen LogP) is 3.02.